The molecule has 3 nitrogen and oxygen atoms in total. The smallest absolute Gasteiger partial charge is 0.318 e. The van der Waals surface area contributed by atoms with Crippen molar-refractivity contribution >= 4 is 40.2 Å². The summed E-state index contributed by atoms with van der Waals surface area (Å²) < 4.78 is 5.02. The molecule has 3 atom stereocenters. The standard InChI is InChI=1S/C20H20O3S2/c1-9-7-15(11(3)24-9)13-5-6-14-18(20(22)23-19(14)21)17(13)16-8-10(2)25-12(16)4/h5,7-8,14,17-18H,6H2,1-4H3. The lowest BCUT2D eigenvalue weighted by Crippen LogP contribution is -2.29. The van der Waals surface area contributed by atoms with E-state index in [2.05, 4.69) is 45.9 Å². The van der Waals surface area contributed by atoms with Crippen molar-refractivity contribution in [3.8, 4) is 0 Å². The van der Waals surface area contributed by atoms with Crippen molar-refractivity contribution in [1.82, 2.24) is 0 Å². The number of esters is 2. The minimum Gasteiger partial charge on any atom is -0.393 e. The average molecular weight is 373 g/mol. The van der Waals surface area contributed by atoms with E-state index in [1.165, 1.54) is 36.2 Å². The van der Waals surface area contributed by atoms with Crippen LogP contribution in [0.25, 0.3) is 5.57 Å². The number of thiophene rings is 2. The number of allylic oxidation sites excluding steroid dienone is 2. The second-order valence-corrected chi connectivity index (χ2v) is 9.86. The molecule has 0 bridgehead atoms. The van der Waals surface area contributed by atoms with Crippen LogP contribution < -0.4 is 0 Å². The highest BCUT2D eigenvalue weighted by Crippen LogP contribution is 2.52. The van der Waals surface area contributed by atoms with Gasteiger partial charge in [-0.25, -0.2) is 0 Å². The van der Waals surface area contributed by atoms with Gasteiger partial charge in [-0.05, 0) is 62.9 Å². The number of hydrogen-bond donors (Lipinski definition) is 0. The number of ether oxygens (including phenoxy) is 1. The quantitative estimate of drug-likeness (QED) is 0.554. The Bertz CT molecular complexity index is 916. The third-order valence-electron chi connectivity index (χ3n) is 5.26. The van der Waals surface area contributed by atoms with Gasteiger partial charge < -0.3 is 4.74 Å². The lowest BCUT2D eigenvalue weighted by Gasteiger charge is -2.31. The second-order valence-electron chi connectivity index (χ2n) is 6.94. The number of rotatable bonds is 2. The Kier molecular flexibility index (Phi) is 3.96. The number of cyclic esters (lactones) is 2. The van der Waals surface area contributed by atoms with Gasteiger partial charge in [-0.2, -0.15) is 0 Å². The van der Waals surface area contributed by atoms with E-state index in [1.807, 2.05) is 0 Å². The van der Waals surface area contributed by atoms with Crippen LogP contribution in [0.5, 0.6) is 0 Å². The molecule has 0 aromatic carbocycles. The highest BCUT2D eigenvalue weighted by atomic mass is 32.1. The molecule has 2 aromatic heterocycles. The zero-order chi connectivity index (χ0) is 17.9. The zero-order valence-electron chi connectivity index (χ0n) is 14.7. The van der Waals surface area contributed by atoms with Crippen molar-refractivity contribution in [1.29, 1.82) is 0 Å². The number of aryl methyl sites for hydroxylation is 4. The molecule has 4 rings (SSSR count). The SMILES string of the molecule is Cc1cc(C2=CCC3C(=O)OC(=O)C3C2c2cc(C)sc2C)c(C)s1. The van der Waals surface area contributed by atoms with Gasteiger partial charge in [0, 0.05) is 25.4 Å². The van der Waals surface area contributed by atoms with Gasteiger partial charge in [0.15, 0.2) is 0 Å². The minimum absolute atomic E-state index is 0.102. The Labute approximate surface area is 155 Å². The summed E-state index contributed by atoms with van der Waals surface area (Å²) >= 11 is 3.52. The monoisotopic (exact) mass is 372 g/mol. The molecule has 2 aliphatic rings. The molecule has 0 N–H and O–H groups in total. The van der Waals surface area contributed by atoms with E-state index in [0.717, 1.165) is 0 Å². The first-order chi connectivity index (χ1) is 11.9. The maximum Gasteiger partial charge on any atom is 0.318 e. The molecule has 0 spiro atoms. The fraction of sp³-hybridized carbons (Fsp3) is 0.400. The van der Waals surface area contributed by atoms with Crippen LogP contribution in [0.1, 0.15) is 43.0 Å². The molecule has 130 valence electrons. The Morgan fingerprint density at radius 1 is 0.960 bits per heavy atom. The van der Waals surface area contributed by atoms with E-state index in [1.54, 1.807) is 22.7 Å². The molecule has 0 radical (unpaired) electrons. The summed E-state index contributed by atoms with van der Waals surface area (Å²) in [6.07, 6.45) is 2.74. The maximum atomic E-state index is 12.5. The van der Waals surface area contributed by atoms with Crippen molar-refractivity contribution in [3.05, 3.63) is 48.8 Å². The maximum absolute atomic E-state index is 12.5. The molecule has 25 heavy (non-hydrogen) atoms. The van der Waals surface area contributed by atoms with Gasteiger partial charge in [-0.15, -0.1) is 22.7 Å². The van der Waals surface area contributed by atoms with Gasteiger partial charge in [-0.1, -0.05) is 6.08 Å². The van der Waals surface area contributed by atoms with Crippen LogP contribution in [0.4, 0.5) is 0 Å². The van der Waals surface area contributed by atoms with E-state index in [9.17, 15) is 9.59 Å². The molecule has 0 amide bonds. The number of fused-ring (bicyclic) bond motifs is 1. The Morgan fingerprint density at radius 3 is 2.24 bits per heavy atom. The van der Waals surface area contributed by atoms with Gasteiger partial charge in [0.2, 0.25) is 0 Å². The van der Waals surface area contributed by atoms with Crippen LogP contribution in [0.15, 0.2) is 18.2 Å². The van der Waals surface area contributed by atoms with Gasteiger partial charge in [0.25, 0.3) is 0 Å². The summed E-state index contributed by atoms with van der Waals surface area (Å²) in [5.41, 5.74) is 3.55. The summed E-state index contributed by atoms with van der Waals surface area (Å²) in [7, 11) is 0. The van der Waals surface area contributed by atoms with E-state index >= 15 is 0 Å². The summed E-state index contributed by atoms with van der Waals surface area (Å²) in [6, 6.07) is 4.38. The van der Waals surface area contributed by atoms with E-state index < -0.39 is 5.92 Å². The molecule has 1 fully saturated rings. The molecule has 3 heterocycles. The predicted octanol–water partition coefficient (Wildman–Crippen LogP) is 4.93. The zero-order valence-corrected chi connectivity index (χ0v) is 16.3. The molecule has 1 saturated heterocycles. The Hall–Kier alpha value is -1.72. The number of carbonyl (C=O) groups is 2. The van der Waals surface area contributed by atoms with Gasteiger partial charge in [0.1, 0.15) is 0 Å². The first kappa shape index (κ1) is 16.7. The summed E-state index contributed by atoms with van der Waals surface area (Å²) in [4.78, 5) is 29.6. The second kappa shape index (κ2) is 5.92. The molecule has 2 aromatic rings. The van der Waals surface area contributed by atoms with E-state index in [4.69, 9.17) is 4.74 Å². The van der Waals surface area contributed by atoms with Crippen LogP contribution in [-0.2, 0) is 14.3 Å². The molecular weight excluding hydrogens is 352 g/mol. The first-order valence-corrected chi connectivity index (χ1v) is 10.1. The van der Waals surface area contributed by atoms with Crippen LogP contribution in [0, 0.1) is 39.5 Å². The lowest BCUT2D eigenvalue weighted by molar-refractivity contribution is -0.153. The normalized spacial score (nSPS) is 25.8. The first-order valence-electron chi connectivity index (χ1n) is 8.46. The minimum atomic E-state index is -0.403. The number of carbonyl (C=O) groups excluding carboxylic acids is 2. The fourth-order valence-corrected chi connectivity index (χ4v) is 6.17. The predicted molar refractivity (Wildman–Crippen MR) is 101 cm³/mol. The Morgan fingerprint density at radius 2 is 1.64 bits per heavy atom. The van der Waals surface area contributed by atoms with Gasteiger partial charge >= 0.3 is 11.9 Å². The van der Waals surface area contributed by atoms with Gasteiger partial charge in [0.05, 0.1) is 11.8 Å². The summed E-state index contributed by atoms with van der Waals surface area (Å²) in [6.45, 7) is 8.42. The fourth-order valence-electron chi connectivity index (χ4n) is 4.25. The summed E-state index contributed by atoms with van der Waals surface area (Å²) in [5.74, 6) is -1.58. The molecule has 1 aliphatic heterocycles. The molecule has 3 unspecified atom stereocenters. The Balaban J connectivity index is 1.91. The van der Waals surface area contributed by atoms with E-state index in [-0.39, 0.29) is 23.8 Å². The highest BCUT2D eigenvalue weighted by molar-refractivity contribution is 7.12. The number of hydrogen-bond acceptors (Lipinski definition) is 5. The van der Waals surface area contributed by atoms with Crippen molar-refractivity contribution in [2.75, 3.05) is 0 Å². The third kappa shape index (κ3) is 2.61. The molecular formula is C20H20O3S2. The van der Waals surface area contributed by atoms with Crippen LogP contribution in [-0.4, -0.2) is 11.9 Å². The topological polar surface area (TPSA) is 43.4 Å². The van der Waals surface area contributed by atoms with Crippen molar-refractivity contribution in [3.63, 3.8) is 0 Å². The van der Waals surface area contributed by atoms with Crippen LogP contribution in [0.3, 0.4) is 0 Å². The largest absolute Gasteiger partial charge is 0.393 e. The van der Waals surface area contributed by atoms with Crippen molar-refractivity contribution in [2.45, 2.75) is 40.0 Å². The van der Waals surface area contributed by atoms with Crippen molar-refractivity contribution in [2.24, 2.45) is 11.8 Å². The molecule has 0 saturated carbocycles. The van der Waals surface area contributed by atoms with Crippen LogP contribution >= 0.6 is 22.7 Å². The highest BCUT2D eigenvalue weighted by Gasteiger charge is 2.52. The van der Waals surface area contributed by atoms with E-state index in [0.29, 0.717) is 6.42 Å². The molecule has 5 heteroatoms. The molecule has 1 aliphatic carbocycles. The van der Waals surface area contributed by atoms with Gasteiger partial charge in [-0.3, -0.25) is 9.59 Å². The average Bonchev–Trinajstić information content (AvgIpc) is 3.15. The van der Waals surface area contributed by atoms with Crippen LogP contribution in [0.2, 0.25) is 0 Å². The summed E-state index contributed by atoms with van der Waals surface area (Å²) in [5, 5.41) is 0. The third-order valence-corrected chi connectivity index (χ3v) is 7.21. The van der Waals surface area contributed by atoms with Crippen molar-refractivity contribution < 1.29 is 14.3 Å². The lowest BCUT2D eigenvalue weighted by atomic mass is 9.68.